The highest BCUT2D eigenvalue weighted by molar-refractivity contribution is 9.10. The third kappa shape index (κ3) is 5.64. The highest BCUT2D eigenvalue weighted by atomic mass is 79.9. The number of carbonyl (C=O) groups is 1. The van der Waals surface area contributed by atoms with E-state index in [1.807, 2.05) is 24.3 Å². The second-order valence-electron chi connectivity index (χ2n) is 9.32. The summed E-state index contributed by atoms with van der Waals surface area (Å²) in [5.41, 5.74) is 5.13. The van der Waals surface area contributed by atoms with Gasteiger partial charge in [0.1, 0.15) is 6.29 Å². The lowest BCUT2D eigenvalue weighted by Crippen LogP contribution is -2.44. The molecule has 4 rings (SSSR count). The van der Waals surface area contributed by atoms with E-state index >= 15 is 0 Å². The van der Waals surface area contributed by atoms with Crippen LogP contribution in [0.3, 0.4) is 0 Å². The van der Waals surface area contributed by atoms with Crippen molar-refractivity contribution in [1.82, 2.24) is 0 Å². The van der Waals surface area contributed by atoms with Crippen molar-refractivity contribution >= 4 is 41.6 Å². The fraction of sp³-hybridized carbons (Fsp3) is 0.167. The van der Waals surface area contributed by atoms with Crippen LogP contribution in [0.25, 0.3) is 11.1 Å². The van der Waals surface area contributed by atoms with E-state index in [0.29, 0.717) is 12.2 Å². The molecule has 4 heteroatoms. The number of aldehydes is 1. The molecule has 1 radical (unpaired) electrons. The Morgan fingerprint density at radius 3 is 1.88 bits per heavy atom. The zero-order chi connectivity index (χ0) is 24.1. The van der Waals surface area contributed by atoms with Crippen LogP contribution >= 0.6 is 15.9 Å². The molecule has 4 aromatic rings. The van der Waals surface area contributed by atoms with E-state index in [-0.39, 0.29) is 5.41 Å². The summed E-state index contributed by atoms with van der Waals surface area (Å²) in [6.45, 7) is 7.07. The second kappa shape index (κ2) is 10.6. The van der Waals surface area contributed by atoms with E-state index in [1.165, 1.54) is 15.9 Å². The van der Waals surface area contributed by atoms with Gasteiger partial charge < -0.3 is 4.43 Å². The molecule has 0 fully saturated rings. The molecule has 0 amide bonds. The molecule has 0 unspecified atom stereocenters. The smallest absolute Gasteiger partial charge is 0.283 e. The van der Waals surface area contributed by atoms with Gasteiger partial charge in [0.25, 0.3) is 9.04 Å². The van der Waals surface area contributed by atoms with Gasteiger partial charge in [0.05, 0.1) is 6.61 Å². The molecule has 171 valence electrons. The quantitative estimate of drug-likeness (QED) is 0.201. The summed E-state index contributed by atoms with van der Waals surface area (Å²) in [5, 5.41) is 2.41. The van der Waals surface area contributed by atoms with Crippen LogP contribution in [-0.2, 0) is 16.4 Å². The van der Waals surface area contributed by atoms with E-state index in [9.17, 15) is 4.79 Å². The van der Waals surface area contributed by atoms with Gasteiger partial charge in [0, 0.05) is 10.0 Å². The first-order valence-corrected chi connectivity index (χ1v) is 13.6. The van der Waals surface area contributed by atoms with Crippen LogP contribution in [0.4, 0.5) is 0 Å². The molecule has 2 nitrogen and oxygen atoms in total. The number of benzene rings is 4. The van der Waals surface area contributed by atoms with E-state index in [4.69, 9.17) is 4.43 Å². The number of hydrogen-bond acceptors (Lipinski definition) is 2. The lowest BCUT2D eigenvalue weighted by Gasteiger charge is -2.21. The molecular weight excluding hydrogens is 500 g/mol. The molecule has 0 atom stereocenters. The van der Waals surface area contributed by atoms with Crippen molar-refractivity contribution in [2.45, 2.75) is 32.8 Å². The zero-order valence-corrected chi connectivity index (χ0v) is 22.3. The van der Waals surface area contributed by atoms with Crippen LogP contribution in [0.15, 0.2) is 102 Å². The summed E-state index contributed by atoms with van der Waals surface area (Å²) in [6, 6.07) is 33.3. The monoisotopic (exact) mass is 527 g/mol. The van der Waals surface area contributed by atoms with Crippen LogP contribution in [-0.4, -0.2) is 15.3 Å². The van der Waals surface area contributed by atoms with Crippen molar-refractivity contribution in [2.75, 3.05) is 0 Å². The van der Waals surface area contributed by atoms with Crippen LogP contribution in [0, 0.1) is 0 Å². The van der Waals surface area contributed by atoms with Crippen molar-refractivity contribution in [1.29, 1.82) is 0 Å². The first kappa shape index (κ1) is 24.3. The Morgan fingerprint density at radius 2 is 1.38 bits per heavy atom. The number of halogens is 1. The molecule has 0 saturated carbocycles. The Labute approximate surface area is 212 Å². The van der Waals surface area contributed by atoms with Gasteiger partial charge in [-0.3, -0.25) is 4.79 Å². The highest BCUT2D eigenvalue weighted by Gasteiger charge is 2.21. The topological polar surface area (TPSA) is 26.3 Å². The number of rotatable bonds is 7. The molecule has 0 aliphatic heterocycles. The lowest BCUT2D eigenvalue weighted by molar-refractivity contribution is 0.112. The Hall–Kier alpha value is -2.79. The maximum absolute atomic E-state index is 11.6. The summed E-state index contributed by atoms with van der Waals surface area (Å²) in [5.74, 6) is 0. The van der Waals surface area contributed by atoms with E-state index < -0.39 is 9.04 Å². The highest BCUT2D eigenvalue weighted by Crippen LogP contribution is 2.33. The van der Waals surface area contributed by atoms with Crippen molar-refractivity contribution in [3.8, 4) is 11.1 Å². The summed E-state index contributed by atoms with van der Waals surface area (Å²) >= 11 is 3.72. The summed E-state index contributed by atoms with van der Waals surface area (Å²) in [7, 11) is -1.44. The van der Waals surface area contributed by atoms with Crippen molar-refractivity contribution in [3.63, 3.8) is 0 Å². The standard InChI is InChI=1S/C30H28BrO2Si/c1-30(2,3)24-16-14-23(15-17-24)27-18-22(20-32)19-29(31)28(27)21-33-34(25-10-6-4-7-11-25)26-12-8-5-9-13-26/h4-20H,21H2,1-3H3. The van der Waals surface area contributed by atoms with E-state index in [0.717, 1.165) is 27.4 Å². The van der Waals surface area contributed by atoms with Gasteiger partial charge in [-0.05, 0) is 50.2 Å². The maximum atomic E-state index is 11.6. The summed E-state index contributed by atoms with van der Waals surface area (Å²) < 4.78 is 7.56. The fourth-order valence-electron chi connectivity index (χ4n) is 3.94. The third-order valence-corrected chi connectivity index (χ3v) is 8.70. The van der Waals surface area contributed by atoms with Crippen LogP contribution in [0.1, 0.15) is 42.3 Å². The van der Waals surface area contributed by atoms with E-state index in [2.05, 4.69) is 109 Å². The maximum Gasteiger partial charge on any atom is 0.283 e. The summed E-state index contributed by atoms with van der Waals surface area (Å²) in [4.78, 5) is 11.6. The van der Waals surface area contributed by atoms with Gasteiger partial charge in [-0.15, -0.1) is 0 Å². The van der Waals surface area contributed by atoms with Crippen molar-refractivity contribution in [2.24, 2.45) is 0 Å². The average molecular weight is 529 g/mol. The lowest BCUT2D eigenvalue weighted by atomic mass is 9.86. The van der Waals surface area contributed by atoms with Crippen molar-refractivity contribution in [3.05, 3.63) is 118 Å². The molecule has 0 spiro atoms. The normalized spacial score (nSPS) is 11.6. The Kier molecular flexibility index (Phi) is 7.62. The minimum absolute atomic E-state index is 0.0817. The minimum Gasteiger partial charge on any atom is -0.403 e. The van der Waals surface area contributed by atoms with Gasteiger partial charge in [-0.2, -0.15) is 0 Å². The molecule has 0 N–H and O–H groups in total. The number of carbonyl (C=O) groups excluding carboxylic acids is 1. The van der Waals surface area contributed by atoms with Crippen LogP contribution in [0.2, 0.25) is 0 Å². The molecule has 0 aromatic heterocycles. The van der Waals surface area contributed by atoms with Gasteiger partial charge in [0.2, 0.25) is 0 Å². The predicted octanol–water partition coefficient (Wildman–Crippen LogP) is 6.55. The first-order valence-electron chi connectivity index (χ1n) is 11.4. The van der Waals surface area contributed by atoms with Crippen LogP contribution < -0.4 is 10.4 Å². The van der Waals surface area contributed by atoms with Gasteiger partial charge in [-0.1, -0.05) is 122 Å². The molecule has 0 aliphatic carbocycles. The Balaban J connectivity index is 1.72. The SMILES string of the molecule is CC(C)(C)c1ccc(-c2cc(C=O)cc(Br)c2CO[Si](c2ccccc2)c2ccccc2)cc1. The largest absolute Gasteiger partial charge is 0.403 e. The minimum atomic E-state index is -1.44. The molecule has 34 heavy (non-hydrogen) atoms. The summed E-state index contributed by atoms with van der Waals surface area (Å²) in [6.07, 6.45) is 0.894. The third-order valence-electron chi connectivity index (χ3n) is 5.85. The van der Waals surface area contributed by atoms with E-state index in [1.54, 1.807) is 0 Å². The first-order chi connectivity index (χ1) is 16.4. The zero-order valence-electron chi connectivity index (χ0n) is 19.7. The van der Waals surface area contributed by atoms with Gasteiger partial charge >= 0.3 is 0 Å². The molecule has 0 saturated heterocycles. The van der Waals surface area contributed by atoms with Crippen LogP contribution in [0.5, 0.6) is 0 Å². The Bertz CT molecular complexity index is 1210. The van der Waals surface area contributed by atoms with Crippen molar-refractivity contribution < 1.29 is 9.22 Å². The average Bonchev–Trinajstić information content (AvgIpc) is 2.85. The Morgan fingerprint density at radius 1 is 0.824 bits per heavy atom. The molecule has 4 aromatic carbocycles. The predicted molar refractivity (Wildman–Crippen MR) is 146 cm³/mol. The molecule has 0 heterocycles. The molecule has 0 aliphatic rings. The number of hydrogen-bond donors (Lipinski definition) is 0. The fourth-order valence-corrected chi connectivity index (χ4v) is 6.47. The second-order valence-corrected chi connectivity index (χ2v) is 12.3. The van der Waals surface area contributed by atoms with Gasteiger partial charge in [-0.25, -0.2) is 0 Å². The molecule has 0 bridgehead atoms. The van der Waals surface area contributed by atoms with Gasteiger partial charge in [0.15, 0.2) is 0 Å². The molecular formula is C30H28BrO2Si.